The number of nitrogens with one attached hydrogen (secondary N) is 1. The Morgan fingerprint density at radius 2 is 2.20 bits per heavy atom. The monoisotopic (exact) mass is 276 g/mol. The molecule has 0 bridgehead atoms. The zero-order valence-electron chi connectivity index (χ0n) is 12.1. The Kier molecular flexibility index (Phi) is 5.06. The lowest BCUT2D eigenvalue weighted by Gasteiger charge is -2.07. The van der Waals surface area contributed by atoms with Gasteiger partial charge in [0.05, 0.1) is 11.9 Å². The molecule has 0 aliphatic heterocycles. The van der Waals surface area contributed by atoms with Crippen LogP contribution in [0.25, 0.3) is 0 Å². The number of aryl methyl sites for hydroxylation is 1. The smallest absolute Gasteiger partial charge is 0.264 e. The van der Waals surface area contributed by atoms with E-state index in [-0.39, 0.29) is 6.61 Å². The Hall–Kier alpha value is -1.95. The van der Waals surface area contributed by atoms with Gasteiger partial charge < -0.3 is 14.6 Å². The van der Waals surface area contributed by atoms with Gasteiger partial charge in [0, 0.05) is 6.54 Å². The summed E-state index contributed by atoms with van der Waals surface area (Å²) in [5, 5.41) is 7.05. The van der Waals surface area contributed by atoms with Gasteiger partial charge >= 0.3 is 0 Å². The molecule has 0 unspecified atom stereocenters. The molecule has 6 nitrogen and oxygen atoms in total. The van der Waals surface area contributed by atoms with E-state index in [1.165, 1.54) is 0 Å². The van der Waals surface area contributed by atoms with Gasteiger partial charge in [0.2, 0.25) is 0 Å². The van der Waals surface area contributed by atoms with Crippen LogP contribution in [0.15, 0.2) is 22.9 Å². The molecule has 2 rings (SSSR count). The van der Waals surface area contributed by atoms with Crippen molar-refractivity contribution < 1.29 is 9.26 Å². The van der Waals surface area contributed by atoms with E-state index in [4.69, 9.17) is 9.26 Å². The van der Waals surface area contributed by atoms with Crippen molar-refractivity contribution in [1.82, 2.24) is 20.4 Å². The molecule has 0 fully saturated rings. The molecule has 6 heteroatoms. The molecule has 0 saturated heterocycles. The van der Waals surface area contributed by atoms with Crippen molar-refractivity contribution in [3.05, 3.63) is 35.7 Å². The molecule has 0 atom stereocenters. The maximum atomic E-state index is 5.52. The van der Waals surface area contributed by atoms with Gasteiger partial charge in [-0.2, -0.15) is 4.98 Å². The Labute approximate surface area is 118 Å². The fourth-order valence-electron chi connectivity index (χ4n) is 1.63. The minimum atomic E-state index is 0.257. The third-order valence-electron chi connectivity index (χ3n) is 2.59. The van der Waals surface area contributed by atoms with E-state index in [1.54, 1.807) is 13.1 Å². The molecular weight excluding hydrogens is 256 g/mol. The molecule has 108 valence electrons. The van der Waals surface area contributed by atoms with Gasteiger partial charge in [-0.3, -0.25) is 4.98 Å². The highest BCUT2D eigenvalue weighted by Gasteiger charge is 2.04. The fraction of sp³-hybridized carbons (Fsp3) is 0.500. The first-order valence-corrected chi connectivity index (χ1v) is 6.71. The predicted octanol–water partition coefficient (Wildman–Crippen LogP) is 2.10. The molecule has 0 spiro atoms. The number of rotatable bonds is 7. The number of hydrogen-bond acceptors (Lipinski definition) is 6. The zero-order chi connectivity index (χ0) is 14.4. The molecule has 0 radical (unpaired) electrons. The second kappa shape index (κ2) is 7.00. The standard InChI is InChI=1S/C14H20N4O2/c1-10(2)6-15-7-12-4-5-13(8-16-12)19-9-14-17-11(3)18-20-14/h4-5,8,10,15H,6-7,9H2,1-3H3. The highest BCUT2D eigenvalue weighted by molar-refractivity contribution is 5.19. The Morgan fingerprint density at radius 3 is 2.80 bits per heavy atom. The van der Waals surface area contributed by atoms with Gasteiger partial charge in [0.15, 0.2) is 12.4 Å². The zero-order valence-corrected chi connectivity index (χ0v) is 12.1. The summed E-state index contributed by atoms with van der Waals surface area (Å²) >= 11 is 0. The van der Waals surface area contributed by atoms with Crippen LogP contribution in [0, 0.1) is 12.8 Å². The number of pyridine rings is 1. The van der Waals surface area contributed by atoms with Gasteiger partial charge in [-0.1, -0.05) is 19.0 Å². The van der Waals surface area contributed by atoms with E-state index in [9.17, 15) is 0 Å². The van der Waals surface area contributed by atoms with Crippen LogP contribution in [0.2, 0.25) is 0 Å². The third-order valence-corrected chi connectivity index (χ3v) is 2.59. The molecule has 0 aliphatic carbocycles. The molecule has 0 aliphatic rings. The van der Waals surface area contributed by atoms with E-state index in [0.717, 1.165) is 18.8 Å². The summed E-state index contributed by atoms with van der Waals surface area (Å²) in [6.45, 7) is 8.13. The van der Waals surface area contributed by atoms with Crippen molar-refractivity contribution >= 4 is 0 Å². The summed E-state index contributed by atoms with van der Waals surface area (Å²) in [6, 6.07) is 3.84. The van der Waals surface area contributed by atoms with Crippen LogP contribution in [0.1, 0.15) is 31.3 Å². The fourth-order valence-corrected chi connectivity index (χ4v) is 1.63. The van der Waals surface area contributed by atoms with Crippen LogP contribution in [-0.4, -0.2) is 21.7 Å². The summed E-state index contributed by atoms with van der Waals surface area (Å²) in [5.74, 6) is 2.39. The lowest BCUT2D eigenvalue weighted by atomic mass is 10.2. The van der Waals surface area contributed by atoms with Gasteiger partial charge in [-0.25, -0.2) is 0 Å². The summed E-state index contributed by atoms with van der Waals surface area (Å²) < 4.78 is 10.5. The first-order valence-electron chi connectivity index (χ1n) is 6.71. The molecule has 2 aromatic heterocycles. The minimum absolute atomic E-state index is 0.257. The van der Waals surface area contributed by atoms with Crippen molar-refractivity contribution in [2.24, 2.45) is 5.92 Å². The van der Waals surface area contributed by atoms with Crippen molar-refractivity contribution in [3.63, 3.8) is 0 Å². The Bertz CT molecular complexity index is 522. The van der Waals surface area contributed by atoms with E-state index in [1.807, 2.05) is 12.1 Å². The first-order chi connectivity index (χ1) is 9.63. The molecule has 2 heterocycles. The molecule has 0 amide bonds. The maximum Gasteiger partial charge on any atom is 0.264 e. The van der Waals surface area contributed by atoms with Gasteiger partial charge in [-0.05, 0) is 31.5 Å². The number of ether oxygens (including phenoxy) is 1. The molecule has 0 aromatic carbocycles. The quantitative estimate of drug-likeness (QED) is 0.835. The lowest BCUT2D eigenvalue weighted by Crippen LogP contribution is -2.19. The van der Waals surface area contributed by atoms with Gasteiger partial charge in [0.25, 0.3) is 5.89 Å². The van der Waals surface area contributed by atoms with E-state index in [2.05, 4.69) is 34.3 Å². The predicted molar refractivity (Wildman–Crippen MR) is 74.1 cm³/mol. The summed E-state index contributed by atoms with van der Waals surface area (Å²) in [7, 11) is 0. The SMILES string of the molecule is Cc1noc(COc2ccc(CNCC(C)C)nc2)n1. The summed E-state index contributed by atoms with van der Waals surface area (Å²) in [5.41, 5.74) is 0.992. The van der Waals surface area contributed by atoms with E-state index >= 15 is 0 Å². The highest BCUT2D eigenvalue weighted by atomic mass is 16.5. The second-order valence-corrected chi connectivity index (χ2v) is 5.03. The topological polar surface area (TPSA) is 73.1 Å². The molecule has 20 heavy (non-hydrogen) atoms. The summed E-state index contributed by atoms with van der Waals surface area (Å²) in [4.78, 5) is 8.41. The van der Waals surface area contributed by atoms with Crippen molar-refractivity contribution in [2.75, 3.05) is 6.54 Å². The van der Waals surface area contributed by atoms with E-state index < -0.39 is 0 Å². The van der Waals surface area contributed by atoms with Crippen molar-refractivity contribution in [3.8, 4) is 5.75 Å². The average Bonchev–Trinajstić information content (AvgIpc) is 2.83. The van der Waals surface area contributed by atoms with Crippen molar-refractivity contribution in [2.45, 2.75) is 33.9 Å². The van der Waals surface area contributed by atoms with Gasteiger partial charge in [0.1, 0.15) is 5.75 Å². The molecular formula is C14H20N4O2. The minimum Gasteiger partial charge on any atom is -0.482 e. The average molecular weight is 276 g/mol. The van der Waals surface area contributed by atoms with Crippen LogP contribution in [-0.2, 0) is 13.2 Å². The Morgan fingerprint density at radius 1 is 1.35 bits per heavy atom. The number of hydrogen-bond donors (Lipinski definition) is 1. The van der Waals surface area contributed by atoms with Crippen LogP contribution in [0.5, 0.6) is 5.75 Å². The largest absolute Gasteiger partial charge is 0.482 e. The second-order valence-electron chi connectivity index (χ2n) is 5.03. The number of nitrogens with zero attached hydrogens (tertiary/aromatic N) is 3. The van der Waals surface area contributed by atoms with E-state index in [0.29, 0.717) is 23.4 Å². The number of aromatic nitrogens is 3. The molecule has 0 saturated carbocycles. The highest BCUT2D eigenvalue weighted by Crippen LogP contribution is 2.11. The van der Waals surface area contributed by atoms with Gasteiger partial charge in [-0.15, -0.1) is 0 Å². The van der Waals surface area contributed by atoms with Crippen LogP contribution < -0.4 is 10.1 Å². The van der Waals surface area contributed by atoms with Crippen LogP contribution >= 0.6 is 0 Å². The normalized spacial score (nSPS) is 11.0. The molecule has 1 N–H and O–H groups in total. The summed E-state index contributed by atoms with van der Waals surface area (Å²) in [6.07, 6.45) is 1.70. The lowest BCUT2D eigenvalue weighted by molar-refractivity contribution is 0.242. The third kappa shape index (κ3) is 4.62. The van der Waals surface area contributed by atoms with Crippen LogP contribution in [0.3, 0.4) is 0 Å². The first kappa shape index (κ1) is 14.5. The van der Waals surface area contributed by atoms with Crippen molar-refractivity contribution in [1.29, 1.82) is 0 Å². The van der Waals surface area contributed by atoms with Crippen LogP contribution in [0.4, 0.5) is 0 Å². The maximum absolute atomic E-state index is 5.52. The molecule has 2 aromatic rings. The Balaban J connectivity index is 1.79.